The summed E-state index contributed by atoms with van der Waals surface area (Å²) in [6, 6.07) is 4.86. The molecule has 0 radical (unpaired) electrons. The predicted octanol–water partition coefficient (Wildman–Crippen LogP) is 3.13. The van der Waals surface area contributed by atoms with E-state index in [-0.39, 0.29) is 0 Å². The Bertz CT molecular complexity index is 810. The lowest BCUT2D eigenvalue weighted by molar-refractivity contribution is 0.476. The molecule has 3 aliphatic rings. The van der Waals surface area contributed by atoms with Gasteiger partial charge in [0.15, 0.2) is 5.82 Å². The summed E-state index contributed by atoms with van der Waals surface area (Å²) in [4.78, 5) is 14.0. The van der Waals surface area contributed by atoms with Crippen LogP contribution < -0.4 is 9.80 Å². The quantitative estimate of drug-likeness (QED) is 0.831. The predicted molar refractivity (Wildman–Crippen MR) is 106 cm³/mol. The Balaban J connectivity index is 1.24. The number of nitrogens with zero attached hydrogens (tertiary/aromatic N) is 6. The maximum absolute atomic E-state index is 4.81. The van der Waals surface area contributed by atoms with Crippen molar-refractivity contribution >= 4 is 11.6 Å². The number of hydrogen-bond acceptors (Lipinski definition) is 6. The van der Waals surface area contributed by atoms with Gasteiger partial charge in [0.1, 0.15) is 11.6 Å². The van der Waals surface area contributed by atoms with Crippen LogP contribution in [0.25, 0.3) is 0 Å². The Kier molecular flexibility index (Phi) is 4.42. The largest absolute Gasteiger partial charge is 0.356 e. The molecule has 2 aliphatic carbocycles. The van der Waals surface area contributed by atoms with Crippen LogP contribution in [0.4, 0.5) is 11.6 Å². The topological polar surface area (TPSA) is 58.0 Å². The minimum absolute atomic E-state index is 0.522. The van der Waals surface area contributed by atoms with E-state index in [2.05, 4.69) is 38.1 Å². The molecule has 5 rings (SSSR count). The van der Waals surface area contributed by atoms with Crippen molar-refractivity contribution in [2.45, 2.75) is 63.3 Å². The Morgan fingerprint density at radius 1 is 1.04 bits per heavy atom. The van der Waals surface area contributed by atoms with Gasteiger partial charge in [-0.25, -0.2) is 9.97 Å². The number of aryl methyl sites for hydroxylation is 2. The van der Waals surface area contributed by atoms with Crippen molar-refractivity contribution in [1.29, 1.82) is 0 Å². The van der Waals surface area contributed by atoms with Gasteiger partial charge in [0, 0.05) is 38.3 Å². The zero-order chi connectivity index (χ0) is 18.2. The van der Waals surface area contributed by atoms with Crippen molar-refractivity contribution in [1.82, 2.24) is 20.2 Å². The molecule has 142 valence electrons. The van der Waals surface area contributed by atoms with Crippen LogP contribution in [-0.2, 0) is 12.8 Å². The number of fused-ring (bicyclic) bond motifs is 1. The average Bonchev–Trinajstić information content (AvgIpc) is 3.59. The smallest absolute Gasteiger partial charge is 0.151 e. The van der Waals surface area contributed by atoms with Gasteiger partial charge in [-0.15, -0.1) is 5.10 Å². The minimum atomic E-state index is 0.522. The third-order valence-electron chi connectivity index (χ3n) is 6.36. The van der Waals surface area contributed by atoms with Crippen molar-refractivity contribution in [3.05, 3.63) is 35.4 Å². The van der Waals surface area contributed by atoms with Crippen LogP contribution in [0, 0.1) is 0 Å². The van der Waals surface area contributed by atoms with Gasteiger partial charge in [-0.1, -0.05) is 0 Å². The maximum Gasteiger partial charge on any atom is 0.151 e. The number of hydrogen-bond donors (Lipinski definition) is 0. The first kappa shape index (κ1) is 16.9. The standard InChI is InChI=1S/C21H28N6/c1-26(19-8-11-22-21(23-19)15-6-7-15)17-9-12-27(13-10-17)20-14-16-4-2-3-5-18(16)24-25-20/h8,11,14-15,17H,2-7,9-10,12-13H2,1H3. The van der Waals surface area contributed by atoms with Crippen LogP contribution in [0.1, 0.15) is 61.5 Å². The number of rotatable bonds is 4. The van der Waals surface area contributed by atoms with Crippen molar-refractivity contribution in [3.8, 4) is 0 Å². The highest BCUT2D eigenvalue weighted by Gasteiger charge is 2.28. The fraction of sp³-hybridized carbons (Fsp3) is 0.619. The molecule has 2 aromatic rings. The van der Waals surface area contributed by atoms with E-state index in [4.69, 9.17) is 4.98 Å². The number of aromatic nitrogens is 4. The molecule has 0 spiro atoms. The summed E-state index contributed by atoms with van der Waals surface area (Å²) in [6.07, 6.45) is 11.4. The summed E-state index contributed by atoms with van der Waals surface area (Å²) >= 11 is 0. The molecule has 0 N–H and O–H groups in total. The average molecular weight is 364 g/mol. The summed E-state index contributed by atoms with van der Waals surface area (Å²) in [5.41, 5.74) is 2.63. The van der Waals surface area contributed by atoms with Crippen molar-refractivity contribution in [2.24, 2.45) is 0 Å². The highest BCUT2D eigenvalue weighted by molar-refractivity contribution is 5.44. The lowest BCUT2D eigenvalue weighted by Gasteiger charge is -2.37. The monoisotopic (exact) mass is 364 g/mol. The van der Waals surface area contributed by atoms with Crippen LogP contribution in [0.2, 0.25) is 0 Å². The van der Waals surface area contributed by atoms with Gasteiger partial charge in [-0.05, 0) is 69.1 Å². The molecule has 0 atom stereocenters. The summed E-state index contributed by atoms with van der Waals surface area (Å²) in [5, 5.41) is 9.03. The molecular weight excluding hydrogens is 336 g/mol. The SMILES string of the molecule is CN(c1ccnc(C2CC2)n1)C1CCN(c2cc3c(nn2)CCCC3)CC1. The molecule has 2 fully saturated rings. The Labute approximate surface area is 161 Å². The molecule has 0 amide bonds. The summed E-state index contributed by atoms with van der Waals surface area (Å²) in [5.74, 6) is 3.76. The molecule has 27 heavy (non-hydrogen) atoms. The summed E-state index contributed by atoms with van der Waals surface area (Å²) in [6.45, 7) is 2.06. The Hall–Kier alpha value is -2.24. The minimum Gasteiger partial charge on any atom is -0.356 e. The summed E-state index contributed by atoms with van der Waals surface area (Å²) in [7, 11) is 2.18. The zero-order valence-corrected chi connectivity index (χ0v) is 16.1. The van der Waals surface area contributed by atoms with Gasteiger partial charge in [0.2, 0.25) is 0 Å². The van der Waals surface area contributed by atoms with Gasteiger partial charge in [0.05, 0.1) is 5.69 Å². The first-order chi connectivity index (χ1) is 13.3. The normalized spacial score (nSPS) is 20.4. The molecule has 0 bridgehead atoms. The molecule has 1 saturated carbocycles. The van der Waals surface area contributed by atoms with Crippen LogP contribution in [0.3, 0.4) is 0 Å². The van der Waals surface area contributed by atoms with E-state index in [1.165, 1.54) is 36.9 Å². The molecule has 1 aliphatic heterocycles. The third kappa shape index (κ3) is 3.49. The molecule has 0 unspecified atom stereocenters. The molecule has 0 aromatic carbocycles. The number of anilines is 2. The maximum atomic E-state index is 4.81. The van der Waals surface area contributed by atoms with Gasteiger partial charge in [0.25, 0.3) is 0 Å². The Morgan fingerprint density at radius 2 is 1.85 bits per heavy atom. The van der Waals surface area contributed by atoms with Gasteiger partial charge >= 0.3 is 0 Å². The molecular formula is C21H28N6. The van der Waals surface area contributed by atoms with Crippen molar-refractivity contribution < 1.29 is 0 Å². The highest BCUT2D eigenvalue weighted by atomic mass is 15.3. The van der Waals surface area contributed by atoms with E-state index >= 15 is 0 Å². The van der Waals surface area contributed by atoms with Crippen LogP contribution >= 0.6 is 0 Å². The van der Waals surface area contributed by atoms with Crippen LogP contribution in [0.5, 0.6) is 0 Å². The Morgan fingerprint density at radius 3 is 2.67 bits per heavy atom. The van der Waals surface area contributed by atoms with E-state index in [1.807, 2.05) is 12.3 Å². The fourth-order valence-electron chi connectivity index (χ4n) is 4.40. The van der Waals surface area contributed by atoms with Crippen molar-refractivity contribution in [3.63, 3.8) is 0 Å². The lowest BCUT2D eigenvalue weighted by Crippen LogP contribution is -2.44. The molecule has 2 aromatic heterocycles. The van der Waals surface area contributed by atoms with Gasteiger partial charge < -0.3 is 9.80 Å². The first-order valence-corrected chi connectivity index (χ1v) is 10.4. The fourth-order valence-corrected chi connectivity index (χ4v) is 4.40. The van der Waals surface area contributed by atoms with Gasteiger partial charge in [-0.2, -0.15) is 5.10 Å². The van der Waals surface area contributed by atoms with E-state index < -0.39 is 0 Å². The second-order valence-electron chi connectivity index (χ2n) is 8.26. The van der Waals surface area contributed by atoms with E-state index in [0.29, 0.717) is 12.0 Å². The molecule has 6 heteroatoms. The molecule has 3 heterocycles. The molecule has 1 saturated heterocycles. The van der Waals surface area contributed by atoms with Crippen molar-refractivity contribution in [2.75, 3.05) is 29.9 Å². The third-order valence-corrected chi connectivity index (χ3v) is 6.36. The summed E-state index contributed by atoms with van der Waals surface area (Å²) < 4.78 is 0. The van der Waals surface area contributed by atoms with E-state index in [1.54, 1.807) is 0 Å². The van der Waals surface area contributed by atoms with E-state index in [0.717, 1.165) is 56.2 Å². The van der Waals surface area contributed by atoms with Crippen LogP contribution in [0.15, 0.2) is 18.3 Å². The second kappa shape index (κ2) is 7.06. The zero-order valence-electron chi connectivity index (χ0n) is 16.1. The first-order valence-electron chi connectivity index (χ1n) is 10.4. The lowest BCUT2D eigenvalue weighted by atomic mass is 9.96. The second-order valence-corrected chi connectivity index (χ2v) is 8.26. The number of piperidine rings is 1. The van der Waals surface area contributed by atoms with E-state index in [9.17, 15) is 0 Å². The highest BCUT2D eigenvalue weighted by Crippen LogP contribution is 2.38. The van der Waals surface area contributed by atoms with Crippen LogP contribution in [-0.4, -0.2) is 46.3 Å². The van der Waals surface area contributed by atoms with Gasteiger partial charge in [-0.3, -0.25) is 0 Å². The molecule has 6 nitrogen and oxygen atoms in total.